The molecule has 0 heterocycles. The minimum atomic E-state index is -0.0606. The second-order valence-corrected chi connectivity index (χ2v) is 4.90. The highest BCUT2D eigenvalue weighted by molar-refractivity contribution is 5.98. The lowest BCUT2D eigenvalue weighted by molar-refractivity contribution is -0.118. The molecule has 1 unspecified atom stereocenters. The highest BCUT2D eigenvalue weighted by atomic mass is 16.5. The first-order valence-electron chi connectivity index (χ1n) is 6.51. The standard InChI is InChI=1S/C16H16N2O2/c1-20-15-7-6-11(9-14(15)17)18-16(19)13-8-10-4-2-3-5-12(10)13/h2-7,9,13H,8,17H2,1H3,(H,18,19). The second kappa shape index (κ2) is 4.89. The number of ether oxygens (including phenoxy) is 1. The lowest BCUT2D eigenvalue weighted by Crippen LogP contribution is -2.30. The van der Waals surface area contributed by atoms with Crippen LogP contribution in [0.4, 0.5) is 11.4 Å². The Bertz CT molecular complexity index is 667. The maximum Gasteiger partial charge on any atom is 0.232 e. The Hall–Kier alpha value is -2.49. The zero-order chi connectivity index (χ0) is 14.1. The van der Waals surface area contributed by atoms with Gasteiger partial charge in [0, 0.05) is 5.69 Å². The number of hydrogen-bond donors (Lipinski definition) is 2. The van der Waals surface area contributed by atoms with Gasteiger partial charge in [0.1, 0.15) is 5.75 Å². The van der Waals surface area contributed by atoms with Crippen LogP contribution >= 0.6 is 0 Å². The highest BCUT2D eigenvalue weighted by Crippen LogP contribution is 2.36. The molecule has 3 N–H and O–H groups in total. The molecule has 4 heteroatoms. The molecule has 20 heavy (non-hydrogen) atoms. The summed E-state index contributed by atoms with van der Waals surface area (Å²) in [7, 11) is 1.56. The number of methoxy groups -OCH3 is 1. The van der Waals surface area contributed by atoms with Crippen LogP contribution in [0.5, 0.6) is 5.75 Å². The van der Waals surface area contributed by atoms with Crippen molar-refractivity contribution < 1.29 is 9.53 Å². The Kier molecular flexibility index (Phi) is 3.06. The summed E-state index contributed by atoms with van der Waals surface area (Å²) in [4.78, 5) is 12.2. The van der Waals surface area contributed by atoms with E-state index in [0.29, 0.717) is 17.1 Å². The number of nitrogens with one attached hydrogen (secondary N) is 1. The van der Waals surface area contributed by atoms with Crippen LogP contribution in [0.2, 0.25) is 0 Å². The molecule has 2 aromatic rings. The van der Waals surface area contributed by atoms with E-state index in [4.69, 9.17) is 10.5 Å². The molecule has 0 saturated heterocycles. The van der Waals surface area contributed by atoms with Crippen molar-refractivity contribution in [1.29, 1.82) is 0 Å². The summed E-state index contributed by atoms with van der Waals surface area (Å²) in [6.45, 7) is 0. The van der Waals surface area contributed by atoms with Crippen LogP contribution in [-0.2, 0) is 11.2 Å². The number of carbonyl (C=O) groups is 1. The number of amides is 1. The van der Waals surface area contributed by atoms with Gasteiger partial charge in [0.25, 0.3) is 0 Å². The fraction of sp³-hybridized carbons (Fsp3) is 0.188. The molecule has 0 spiro atoms. The van der Waals surface area contributed by atoms with Crippen LogP contribution in [0, 0.1) is 0 Å². The molecule has 2 aromatic carbocycles. The Balaban J connectivity index is 1.73. The van der Waals surface area contributed by atoms with E-state index >= 15 is 0 Å². The number of anilines is 2. The Morgan fingerprint density at radius 1 is 1.30 bits per heavy atom. The number of carbonyl (C=O) groups excluding carboxylic acids is 1. The maximum absolute atomic E-state index is 12.2. The lowest BCUT2D eigenvalue weighted by Gasteiger charge is -2.28. The smallest absolute Gasteiger partial charge is 0.232 e. The molecule has 0 aromatic heterocycles. The minimum absolute atomic E-state index is 0.00765. The van der Waals surface area contributed by atoms with Crippen molar-refractivity contribution in [3.63, 3.8) is 0 Å². The fourth-order valence-corrected chi connectivity index (χ4v) is 2.53. The largest absolute Gasteiger partial charge is 0.495 e. The third-order valence-electron chi connectivity index (χ3n) is 3.67. The predicted molar refractivity (Wildman–Crippen MR) is 78.9 cm³/mol. The Labute approximate surface area is 117 Å². The molecule has 3 rings (SSSR count). The van der Waals surface area contributed by atoms with Gasteiger partial charge in [-0.2, -0.15) is 0 Å². The van der Waals surface area contributed by atoms with E-state index in [-0.39, 0.29) is 11.8 Å². The van der Waals surface area contributed by atoms with E-state index in [1.807, 2.05) is 18.2 Å². The number of benzene rings is 2. The van der Waals surface area contributed by atoms with Gasteiger partial charge in [0.15, 0.2) is 0 Å². The van der Waals surface area contributed by atoms with E-state index < -0.39 is 0 Å². The molecule has 0 bridgehead atoms. The van der Waals surface area contributed by atoms with Crippen molar-refractivity contribution in [1.82, 2.24) is 0 Å². The van der Waals surface area contributed by atoms with Crippen molar-refractivity contribution in [2.75, 3.05) is 18.2 Å². The Morgan fingerprint density at radius 2 is 2.10 bits per heavy atom. The molecule has 4 nitrogen and oxygen atoms in total. The van der Waals surface area contributed by atoms with Gasteiger partial charge in [0.2, 0.25) is 5.91 Å². The van der Waals surface area contributed by atoms with Crippen LogP contribution < -0.4 is 15.8 Å². The average Bonchev–Trinajstić information content (AvgIpc) is 2.40. The summed E-state index contributed by atoms with van der Waals surface area (Å²) in [6.07, 6.45) is 0.799. The van der Waals surface area contributed by atoms with Crippen molar-refractivity contribution in [3.05, 3.63) is 53.6 Å². The van der Waals surface area contributed by atoms with Crippen LogP contribution in [0.1, 0.15) is 17.0 Å². The summed E-state index contributed by atoms with van der Waals surface area (Å²) in [5.74, 6) is 0.555. The molecule has 0 aliphatic heterocycles. The molecule has 0 fully saturated rings. The van der Waals surface area contributed by atoms with Crippen molar-refractivity contribution in [2.45, 2.75) is 12.3 Å². The van der Waals surface area contributed by atoms with E-state index in [1.54, 1.807) is 25.3 Å². The van der Waals surface area contributed by atoms with E-state index in [0.717, 1.165) is 12.0 Å². The third-order valence-corrected chi connectivity index (χ3v) is 3.67. The zero-order valence-corrected chi connectivity index (χ0v) is 11.2. The van der Waals surface area contributed by atoms with E-state index in [1.165, 1.54) is 5.56 Å². The molecule has 1 atom stereocenters. The maximum atomic E-state index is 12.2. The molecule has 0 saturated carbocycles. The van der Waals surface area contributed by atoms with Gasteiger partial charge in [-0.1, -0.05) is 24.3 Å². The van der Waals surface area contributed by atoms with Crippen molar-refractivity contribution in [3.8, 4) is 5.75 Å². The van der Waals surface area contributed by atoms with Crippen LogP contribution in [0.15, 0.2) is 42.5 Å². The average molecular weight is 268 g/mol. The SMILES string of the molecule is COc1ccc(NC(=O)C2Cc3ccccc32)cc1N. The van der Waals surface area contributed by atoms with Gasteiger partial charge in [-0.05, 0) is 35.7 Å². The third kappa shape index (κ3) is 2.09. The Morgan fingerprint density at radius 3 is 2.80 bits per heavy atom. The van der Waals surface area contributed by atoms with Gasteiger partial charge < -0.3 is 15.8 Å². The summed E-state index contributed by atoms with van der Waals surface area (Å²) in [5, 5.41) is 2.90. The van der Waals surface area contributed by atoms with Gasteiger partial charge in [0.05, 0.1) is 18.7 Å². The van der Waals surface area contributed by atoms with Crippen LogP contribution in [0.25, 0.3) is 0 Å². The summed E-state index contributed by atoms with van der Waals surface area (Å²) < 4.78 is 5.09. The first kappa shape index (κ1) is 12.5. The van der Waals surface area contributed by atoms with Gasteiger partial charge in [-0.15, -0.1) is 0 Å². The number of fused-ring (bicyclic) bond motifs is 1. The highest BCUT2D eigenvalue weighted by Gasteiger charge is 2.31. The quantitative estimate of drug-likeness (QED) is 0.841. The fourth-order valence-electron chi connectivity index (χ4n) is 2.53. The summed E-state index contributed by atoms with van der Waals surface area (Å²) in [6, 6.07) is 13.3. The lowest BCUT2D eigenvalue weighted by atomic mass is 9.77. The summed E-state index contributed by atoms with van der Waals surface area (Å²) in [5.41, 5.74) is 9.40. The molecule has 1 aliphatic rings. The number of hydrogen-bond acceptors (Lipinski definition) is 3. The van der Waals surface area contributed by atoms with Crippen molar-refractivity contribution >= 4 is 17.3 Å². The minimum Gasteiger partial charge on any atom is -0.495 e. The first-order valence-corrected chi connectivity index (χ1v) is 6.51. The molecule has 1 aliphatic carbocycles. The normalized spacial score (nSPS) is 15.9. The monoisotopic (exact) mass is 268 g/mol. The predicted octanol–water partition coefficient (Wildman–Crippen LogP) is 2.56. The molecular weight excluding hydrogens is 252 g/mol. The van der Waals surface area contributed by atoms with Crippen molar-refractivity contribution in [2.24, 2.45) is 0 Å². The van der Waals surface area contributed by atoms with Gasteiger partial charge in [-0.3, -0.25) is 4.79 Å². The summed E-state index contributed by atoms with van der Waals surface area (Å²) >= 11 is 0. The number of nitrogen functional groups attached to an aromatic ring is 1. The first-order chi connectivity index (χ1) is 9.69. The second-order valence-electron chi connectivity index (χ2n) is 4.90. The number of rotatable bonds is 3. The molecule has 102 valence electrons. The molecule has 0 radical (unpaired) electrons. The van der Waals surface area contributed by atoms with E-state index in [2.05, 4.69) is 11.4 Å². The van der Waals surface area contributed by atoms with Gasteiger partial charge >= 0.3 is 0 Å². The topological polar surface area (TPSA) is 64.3 Å². The van der Waals surface area contributed by atoms with Gasteiger partial charge in [-0.25, -0.2) is 0 Å². The molecule has 1 amide bonds. The van der Waals surface area contributed by atoms with E-state index in [9.17, 15) is 4.79 Å². The molecular formula is C16H16N2O2. The van der Waals surface area contributed by atoms with Crippen LogP contribution in [-0.4, -0.2) is 13.0 Å². The zero-order valence-electron chi connectivity index (χ0n) is 11.2. The number of nitrogens with two attached hydrogens (primary N) is 1. The van der Waals surface area contributed by atoms with Crippen LogP contribution in [0.3, 0.4) is 0 Å².